The molecule has 2 heterocycles. The number of aryl methyl sites for hydroxylation is 1. The van der Waals surface area contributed by atoms with E-state index < -0.39 is 0 Å². The number of nitrogens with zero attached hydrogens (tertiary/aromatic N) is 2. The highest BCUT2D eigenvalue weighted by molar-refractivity contribution is 5.79. The second-order valence-electron chi connectivity index (χ2n) is 5.47. The standard InChI is InChI=1S/C14H25N5O/c1-4-15-13(16-8-12-9-18-19-11(12)2)17-10-14(3)6-5-7-20-14/h9H,4-8,10H2,1-3H3,(H,18,19)(H2,15,16,17). The molecule has 2 rings (SSSR count). The number of hydrogen-bond acceptors (Lipinski definition) is 3. The zero-order valence-electron chi connectivity index (χ0n) is 12.6. The normalized spacial score (nSPS) is 23.1. The van der Waals surface area contributed by atoms with Gasteiger partial charge in [0.05, 0.1) is 18.3 Å². The fraction of sp³-hybridized carbons (Fsp3) is 0.714. The van der Waals surface area contributed by atoms with Gasteiger partial charge in [-0.25, -0.2) is 4.99 Å². The minimum Gasteiger partial charge on any atom is -0.373 e. The summed E-state index contributed by atoms with van der Waals surface area (Å²) in [7, 11) is 0. The van der Waals surface area contributed by atoms with Gasteiger partial charge in [-0.1, -0.05) is 0 Å². The van der Waals surface area contributed by atoms with Gasteiger partial charge in [-0.2, -0.15) is 5.10 Å². The lowest BCUT2D eigenvalue weighted by molar-refractivity contribution is 0.0243. The third-order valence-corrected chi connectivity index (χ3v) is 3.62. The number of guanidine groups is 1. The molecule has 20 heavy (non-hydrogen) atoms. The molecule has 1 aliphatic heterocycles. The van der Waals surface area contributed by atoms with Crippen molar-refractivity contribution in [1.29, 1.82) is 0 Å². The van der Waals surface area contributed by atoms with Gasteiger partial charge in [0.25, 0.3) is 0 Å². The molecule has 6 heteroatoms. The van der Waals surface area contributed by atoms with Crippen molar-refractivity contribution >= 4 is 5.96 Å². The molecule has 0 spiro atoms. The first kappa shape index (κ1) is 14.8. The first-order chi connectivity index (χ1) is 9.63. The monoisotopic (exact) mass is 279 g/mol. The number of rotatable bonds is 5. The highest BCUT2D eigenvalue weighted by Gasteiger charge is 2.29. The van der Waals surface area contributed by atoms with Crippen LogP contribution in [0.2, 0.25) is 0 Å². The molecule has 0 saturated carbocycles. The first-order valence-corrected chi connectivity index (χ1v) is 7.28. The van der Waals surface area contributed by atoms with Gasteiger partial charge in [0.1, 0.15) is 0 Å². The number of ether oxygens (including phenoxy) is 1. The molecule has 1 aliphatic rings. The van der Waals surface area contributed by atoms with Crippen LogP contribution < -0.4 is 10.6 Å². The molecule has 6 nitrogen and oxygen atoms in total. The summed E-state index contributed by atoms with van der Waals surface area (Å²) in [6.07, 6.45) is 4.06. The predicted molar refractivity (Wildman–Crippen MR) is 79.7 cm³/mol. The van der Waals surface area contributed by atoms with Crippen LogP contribution in [0.25, 0.3) is 0 Å². The Morgan fingerprint density at radius 1 is 1.55 bits per heavy atom. The maximum atomic E-state index is 5.78. The highest BCUT2D eigenvalue weighted by atomic mass is 16.5. The number of aliphatic imine (C=N–C) groups is 1. The van der Waals surface area contributed by atoms with Crippen LogP contribution in [0.1, 0.15) is 37.9 Å². The van der Waals surface area contributed by atoms with Gasteiger partial charge in [0.2, 0.25) is 0 Å². The summed E-state index contributed by atoms with van der Waals surface area (Å²) in [4.78, 5) is 4.59. The summed E-state index contributed by atoms with van der Waals surface area (Å²) >= 11 is 0. The Morgan fingerprint density at radius 2 is 2.40 bits per heavy atom. The number of nitrogens with one attached hydrogen (secondary N) is 3. The average molecular weight is 279 g/mol. The fourth-order valence-electron chi connectivity index (χ4n) is 2.29. The van der Waals surface area contributed by atoms with Crippen LogP contribution in [0, 0.1) is 6.92 Å². The molecule has 0 radical (unpaired) electrons. The molecule has 1 fully saturated rings. The lowest BCUT2D eigenvalue weighted by Gasteiger charge is -2.24. The Morgan fingerprint density at radius 3 is 3.00 bits per heavy atom. The van der Waals surface area contributed by atoms with Crippen molar-refractivity contribution in [3.8, 4) is 0 Å². The lowest BCUT2D eigenvalue weighted by atomic mass is 10.0. The minimum atomic E-state index is -0.0677. The van der Waals surface area contributed by atoms with Crippen LogP contribution in [0.15, 0.2) is 11.2 Å². The van der Waals surface area contributed by atoms with Gasteiger partial charge in [-0.15, -0.1) is 0 Å². The summed E-state index contributed by atoms with van der Waals surface area (Å²) in [6, 6.07) is 0. The van der Waals surface area contributed by atoms with Crippen molar-refractivity contribution in [2.24, 2.45) is 4.99 Å². The Bertz CT molecular complexity index is 448. The number of aromatic nitrogens is 2. The molecule has 3 N–H and O–H groups in total. The van der Waals surface area contributed by atoms with Crippen molar-refractivity contribution in [2.45, 2.75) is 45.8 Å². The zero-order valence-corrected chi connectivity index (χ0v) is 12.6. The maximum absolute atomic E-state index is 5.78. The van der Waals surface area contributed by atoms with Gasteiger partial charge in [-0.3, -0.25) is 5.10 Å². The fourth-order valence-corrected chi connectivity index (χ4v) is 2.29. The summed E-state index contributed by atoms with van der Waals surface area (Å²) in [5, 5.41) is 13.6. The molecule has 0 amide bonds. The molecular weight excluding hydrogens is 254 g/mol. The third kappa shape index (κ3) is 3.96. The largest absolute Gasteiger partial charge is 0.373 e. The van der Waals surface area contributed by atoms with E-state index in [9.17, 15) is 0 Å². The maximum Gasteiger partial charge on any atom is 0.191 e. The van der Waals surface area contributed by atoms with E-state index in [1.165, 1.54) is 0 Å². The van der Waals surface area contributed by atoms with Gasteiger partial charge in [0, 0.05) is 31.0 Å². The topological polar surface area (TPSA) is 74.3 Å². The summed E-state index contributed by atoms with van der Waals surface area (Å²) in [6.45, 7) is 9.32. The van der Waals surface area contributed by atoms with Crippen molar-refractivity contribution in [2.75, 3.05) is 19.7 Å². The van der Waals surface area contributed by atoms with Crippen LogP contribution in [-0.2, 0) is 11.3 Å². The lowest BCUT2D eigenvalue weighted by Crippen LogP contribution is -2.45. The predicted octanol–water partition coefficient (Wildman–Crippen LogP) is 1.34. The van der Waals surface area contributed by atoms with E-state index in [1.54, 1.807) is 0 Å². The quantitative estimate of drug-likeness (QED) is 0.562. The van der Waals surface area contributed by atoms with E-state index >= 15 is 0 Å². The Hall–Kier alpha value is -1.56. The number of aromatic amines is 1. The van der Waals surface area contributed by atoms with Gasteiger partial charge in [0.15, 0.2) is 5.96 Å². The van der Waals surface area contributed by atoms with Crippen molar-refractivity contribution in [1.82, 2.24) is 20.8 Å². The first-order valence-electron chi connectivity index (χ1n) is 7.28. The smallest absolute Gasteiger partial charge is 0.191 e. The van der Waals surface area contributed by atoms with Gasteiger partial charge >= 0.3 is 0 Å². The van der Waals surface area contributed by atoms with Gasteiger partial charge in [-0.05, 0) is 33.6 Å². The SMILES string of the molecule is CCNC(=NCc1cn[nH]c1C)NCC1(C)CCCO1. The number of hydrogen-bond donors (Lipinski definition) is 3. The van der Waals surface area contributed by atoms with E-state index in [0.717, 1.165) is 49.8 Å². The zero-order chi connectivity index (χ0) is 14.4. The second-order valence-corrected chi connectivity index (χ2v) is 5.47. The van der Waals surface area contributed by atoms with Gasteiger partial charge < -0.3 is 15.4 Å². The van der Waals surface area contributed by atoms with Crippen LogP contribution in [0.4, 0.5) is 0 Å². The van der Waals surface area contributed by atoms with Crippen LogP contribution in [-0.4, -0.2) is 41.5 Å². The third-order valence-electron chi connectivity index (χ3n) is 3.62. The van der Waals surface area contributed by atoms with Crippen molar-refractivity contribution in [3.63, 3.8) is 0 Å². The summed E-state index contributed by atoms with van der Waals surface area (Å²) < 4.78 is 5.78. The Labute approximate surface area is 120 Å². The molecule has 1 aromatic heterocycles. The molecule has 112 valence electrons. The van der Waals surface area contributed by atoms with E-state index in [-0.39, 0.29) is 5.60 Å². The van der Waals surface area contributed by atoms with Crippen LogP contribution in [0.5, 0.6) is 0 Å². The number of H-pyrrole nitrogens is 1. The molecule has 0 bridgehead atoms. The molecule has 1 saturated heterocycles. The minimum absolute atomic E-state index is 0.0677. The Kier molecular flexibility index (Phi) is 5.00. The molecule has 1 aromatic rings. The second kappa shape index (κ2) is 6.74. The molecule has 0 aliphatic carbocycles. The van der Waals surface area contributed by atoms with E-state index in [0.29, 0.717) is 6.54 Å². The summed E-state index contributed by atoms with van der Waals surface area (Å²) in [5.41, 5.74) is 2.11. The van der Waals surface area contributed by atoms with Crippen molar-refractivity contribution < 1.29 is 4.74 Å². The molecule has 1 unspecified atom stereocenters. The van der Waals surface area contributed by atoms with Crippen molar-refractivity contribution in [3.05, 3.63) is 17.5 Å². The van der Waals surface area contributed by atoms with Crippen LogP contribution >= 0.6 is 0 Å². The highest BCUT2D eigenvalue weighted by Crippen LogP contribution is 2.23. The molecular formula is C14H25N5O. The molecule has 1 atom stereocenters. The summed E-state index contributed by atoms with van der Waals surface area (Å²) in [5.74, 6) is 0.824. The van der Waals surface area contributed by atoms with E-state index in [1.807, 2.05) is 13.1 Å². The Balaban J connectivity index is 1.90. The van der Waals surface area contributed by atoms with E-state index in [2.05, 4.69) is 39.7 Å². The van der Waals surface area contributed by atoms with Crippen LogP contribution in [0.3, 0.4) is 0 Å². The molecule has 0 aromatic carbocycles. The van der Waals surface area contributed by atoms with E-state index in [4.69, 9.17) is 4.74 Å². The average Bonchev–Trinajstić information content (AvgIpc) is 3.03.